The SMILES string of the molecule is CC(CN)C(F)C1=COCCC1. The van der Waals surface area contributed by atoms with Crippen molar-refractivity contribution < 1.29 is 9.13 Å². The Morgan fingerprint density at radius 1 is 1.75 bits per heavy atom. The van der Waals surface area contributed by atoms with Crippen LogP contribution in [0.1, 0.15) is 19.8 Å². The Balaban J connectivity index is 2.49. The lowest BCUT2D eigenvalue weighted by molar-refractivity contribution is 0.196. The molecule has 0 aromatic rings. The summed E-state index contributed by atoms with van der Waals surface area (Å²) in [5.74, 6) is -0.0991. The quantitative estimate of drug-likeness (QED) is 0.703. The molecule has 1 aliphatic rings. The molecule has 0 bridgehead atoms. The van der Waals surface area contributed by atoms with Crippen LogP contribution in [0.15, 0.2) is 11.8 Å². The lowest BCUT2D eigenvalue weighted by Gasteiger charge is -2.20. The molecule has 0 aliphatic carbocycles. The second-order valence-electron chi connectivity index (χ2n) is 3.28. The molecule has 2 N–H and O–H groups in total. The van der Waals surface area contributed by atoms with Crippen molar-refractivity contribution in [2.24, 2.45) is 11.7 Å². The predicted octanol–water partition coefficient (Wildman–Crippen LogP) is 1.61. The topological polar surface area (TPSA) is 35.2 Å². The van der Waals surface area contributed by atoms with Crippen molar-refractivity contribution in [3.8, 4) is 0 Å². The van der Waals surface area contributed by atoms with E-state index in [9.17, 15) is 4.39 Å². The molecule has 0 aromatic carbocycles. The summed E-state index contributed by atoms with van der Waals surface area (Å²) in [5, 5.41) is 0. The summed E-state index contributed by atoms with van der Waals surface area (Å²) in [7, 11) is 0. The lowest BCUT2D eigenvalue weighted by atomic mass is 9.96. The summed E-state index contributed by atoms with van der Waals surface area (Å²) in [6.45, 7) is 2.92. The molecule has 0 saturated carbocycles. The van der Waals surface area contributed by atoms with Gasteiger partial charge in [-0.05, 0) is 25.0 Å². The molecule has 1 rings (SSSR count). The maximum atomic E-state index is 13.5. The molecule has 0 radical (unpaired) electrons. The van der Waals surface area contributed by atoms with Gasteiger partial charge >= 0.3 is 0 Å². The highest BCUT2D eigenvalue weighted by molar-refractivity contribution is 5.08. The van der Waals surface area contributed by atoms with Gasteiger partial charge in [-0.1, -0.05) is 6.92 Å². The Morgan fingerprint density at radius 3 is 3.00 bits per heavy atom. The summed E-state index contributed by atoms with van der Waals surface area (Å²) < 4.78 is 18.5. The van der Waals surface area contributed by atoms with Crippen molar-refractivity contribution in [2.75, 3.05) is 13.2 Å². The first-order valence-electron chi connectivity index (χ1n) is 4.40. The Kier molecular flexibility index (Phi) is 3.53. The van der Waals surface area contributed by atoms with Crippen LogP contribution >= 0.6 is 0 Å². The number of hydrogen-bond acceptors (Lipinski definition) is 2. The summed E-state index contributed by atoms with van der Waals surface area (Å²) in [6.07, 6.45) is 2.37. The van der Waals surface area contributed by atoms with Gasteiger partial charge in [-0.15, -0.1) is 0 Å². The van der Waals surface area contributed by atoms with Gasteiger partial charge in [0.1, 0.15) is 6.17 Å². The first-order valence-corrected chi connectivity index (χ1v) is 4.40. The van der Waals surface area contributed by atoms with Crippen LogP contribution in [0.2, 0.25) is 0 Å². The number of rotatable bonds is 3. The molecule has 70 valence electrons. The fourth-order valence-electron chi connectivity index (χ4n) is 1.27. The third-order valence-corrected chi connectivity index (χ3v) is 2.19. The first kappa shape index (κ1) is 9.52. The normalized spacial score (nSPS) is 22.4. The van der Waals surface area contributed by atoms with Crippen LogP contribution in [0.4, 0.5) is 4.39 Å². The van der Waals surface area contributed by atoms with E-state index < -0.39 is 6.17 Å². The van der Waals surface area contributed by atoms with Gasteiger partial charge < -0.3 is 10.5 Å². The standard InChI is InChI=1S/C9H16FNO/c1-7(5-11)9(10)8-3-2-4-12-6-8/h6-7,9H,2-5,11H2,1H3. The zero-order valence-electron chi connectivity index (χ0n) is 7.42. The number of ether oxygens (including phenoxy) is 1. The molecule has 0 aromatic heterocycles. The molecule has 2 nitrogen and oxygen atoms in total. The highest BCUT2D eigenvalue weighted by atomic mass is 19.1. The Hall–Kier alpha value is -0.570. The summed E-state index contributed by atoms with van der Waals surface area (Å²) >= 11 is 0. The van der Waals surface area contributed by atoms with E-state index in [1.165, 1.54) is 0 Å². The largest absolute Gasteiger partial charge is 0.501 e. The van der Waals surface area contributed by atoms with Crippen LogP contribution in [0.3, 0.4) is 0 Å². The molecule has 2 unspecified atom stereocenters. The van der Waals surface area contributed by atoms with Crippen molar-refractivity contribution >= 4 is 0 Å². The van der Waals surface area contributed by atoms with Crippen LogP contribution < -0.4 is 5.73 Å². The molecular formula is C9H16FNO. The molecule has 0 amide bonds. The highest BCUT2D eigenvalue weighted by Crippen LogP contribution is 2.22. The maximum Gasteiger partial charge on any atom is 0.128 e. The molecule has 12 heavy (non-hydrogen) atoms. The number of nitrogens with two attached hydrogens (primary N) is 1. The van der Waals surface area contributed by atoms with E-state index in [4.69, 9.17) is 10.5 Å². The van der Waals surface area contributed by atoms with E-state index >= 15 is 0 Å². The third-order valence-electron chi connectivity index (χ3n) is 2.19. The van der Waals surface area contributed by atoms with E-state index in [1.54, 1.807) is 6.26 Å². The molecular weight excluding hydrogens is 157 g/mol. The molecule has 1 heterocycles. The minimum atomic E-state index is -0.921. The van der Waals surface area contributed by atoms with Crippen LogP contribution in [0, 0.1) is 5.92 Å². The van der Waals surface area contributed by atoms with Crippen LogP contribution in [-0.4, -0.2) is 19.3 Å². The van der Waals surface area contributed by atoms with Gasteiger partial charge in [-0.2, -0.15) is 0 Å². The highest BCUT2D eigenvalue weighted by Gasteiger charge is 2.21. The van der Waals surface area contributed by atoms with Gasteiger partial charge in [0.25, 0.3) is 0 Å². The lowest BCUT2D eigenvalue weighted by Crippen LogP contribution is -2.24. The first-order chi connectivity index (χ1) is 5.75. The molecule has 0 spiro atoms. The smallest absolute Gasteiger partial charge is 0.128 e. The molecule has 0 saturated heterocycles. The van der Waals surface area contributed by atoms with E-state index in [-0.39, 0.29) is 5.92 Å². The Labute approximate surface area is 72.6 Å². The number of alkyl halides is 1. The van der Waals surface area contributed by atoms with Crippen molar-refractivity contribution in [2.45, 2.75) is 25.9 Å². The number of halogens is 1. The van der Waals surface area contributed by atoms with Crippen molar-refractivity contribution in [1.82, 2.24) is 0 Å². The molecule has 3 heteroatoms. The van der Waals surface area contributed by atoms with Crippen LogP contribution in [-0.2, 0) is 4.74 Å². The van der Waals surface area contributed by atoms with Crippen molar-refractivity contribution in [3.05, 3.63) is 11.8 Å². The van der Waals surface area contributed by atoms with Gasteiger partial charge in [0.05, 0.1) is 12.9 Å². The second-order valence-corrected chi connectivity index (χ2v) is 3.28. The molecule has 0 fully saturated rings. The van der Waals surface area contributed by atoms with Crippen LogP contribution in [0.25, 0.3) is 0 Å². The van der Waals surface area contributed by atoms with E-state index in [0.29, 0.717) is 13.2 Å². The second kappa shape index (κ2) is 4.45. The predicted molar refractivity (Wildman–Crippen MR) is 46.4 cm³/mol. The Bertz CT molecular complexity index is 170. The minimum Gasteiger partial charge on any atom is -0.501 e. The van der Waals surface area contributed by atoms with Crippen LogP contribution in [0.5, 0.6) is 0 Å². The van der Waals surface area contributed by atoms with Gasteiger partial charge in [-0.3, -0.25) is 0 Å². The van der Waals surface area contributed by atoms with Crippen molar-refractivity contribution in [3.63, 3.8) is 0 Å². The minimum absolute atomic E-state index is 0.0991. The molecule has 2 atom stereocenters. The van der Waals surface area contributed by atoms with Gasteiger partial charge in [0.2, 0.25) is 0 Å². The van der Waals surface area contributed by atoms with Gasteiger partial charge in [-0.25, -0.2) is 4.39 Å². The average molecular weight is 173 g/mol. The van der Waals surface area contributed by atoms with E-state index in [1.807, 2.05) is 6.92 Å². The number of hydrogen-bond donors (Lipinski definition) is 1. The molecule has 1 aliphatic heterocycles. The van der Waals surface area contributed by atoms with Crippen molar-refractivity contribution in [1.29, 1.82) is 0 Å². The summed E-state index contributed by atoms with van der Waals surface area (Å²) in [4.78, 5) is 0. The zero-order valence-corrected chi connectivity index (χ0v) is 7.42. The van der Waals surface area contributed by atoms with Gasteiger partial charge in [0.15, 0.2) is 0 Å². The number of allylic oxidation sites excluding steroid dienone is 1. The fourth-order valence-corrected chi connectivity index (χ4v) is 1.27. The van der Waals surface area contributed by atoms with Gasteiger partial charge in [0, 0.05) is 5.92 Å². The third kappa shape index (κ3) is 2.21. The van der Waals surface area contributed by atoms with E-state index in [2.05, 4.69) is 0 Å². The monoisotopic (exact) mass is 173 g/mol. The summed E-state index contributed by atoms with van der Waals surface area (Å²) in [5.41, 5.74) is 6.13. The zero-order chi connectivity index (χ0) is 8.97. The average Bonchev–Trinajstić information content (AvgIpc) is 2.17. The maximum absolute atomic E-state index is 13.5. The Morgan fingerprint density at radius 2 is 2.50 bits per heavy atom. The fraction of sp³-hybridized carbons (Fsp3) is 0.778. The van der Waals surface area contributed by atoms with E-state index in [0.717, 1.165) is 18.4 Å². The summed E-state index contributed by atoms with van der Waals surface area (Å²) in [6, 6.07) is 0.